The molecule has 4 rings (SSSR count). The van der Waals surface area contributed by atoms with Crippen molar-refractivity contribution < 1.29 is 37.6 Å². The van der Waals surface area contributed by atoms with Crippen molar-refractivity contribution in [2.24, 2.45) is 0 Å². The molecule has 4 aromatic rings. The van der Waals surface area contributed by atoms with Gasteiger partial charge in [-0.1, -0.05) is 8.93 Å². The van der Waals surface area contributed by atoms with Gasteiger partial charge in [-0.15, -0.1) is 0 Å². The van der Waals surface area contributed by atoms with Gasteiger partial charge in [0.15, 0.2) is 0 Å². The molecule has 0 aliphatic carbocycles. The lowest BCUT2D eigenvalue weighted by Crippen LogP contribution is -2.17. The number of hydrogen-bond donors (Lipinski definition) is 2. The summed E-state index contributed by atoms with van der Waals surface area (Å²) in [7, 11) is 5.09. The van der Waals surface area contributed by atoms with Crippen molar-refractivity contribution in [1.82, 2.24) is 0 Å². The van der Waals surface area contributed by atoms with Crippen LogP contribution in [0.5, 0.6) is 11.5 Å². The van der Waals surface area contributed by atoms with Crippen LogP contribution in [-0.4, -0.2) is 48.8 Å². The van der Waals surface area contributed by atoms with Gasteiger partial charge in [-0.05, 0) is 36.4 Å². The second kappa shape index (κ2) is 16.6. The van der Waals surface area contributed by atoms with Crippen molar-refractivity contribution in [3.8, 4) is 11.5 Å². The van der Waals surface area contributed by atoms with Crippen LogP contribution < -0.4 is 20.7 Å². The van der Waals surface area contributed by atoms with Gasteiger partial charge in [-0.2, -0.15) is 0 Å². The molecule has 0 bridgehead atoms. The summed E-state index contributed by atoms with van der Waals surface area (Å²) < 4.78 is 31.7. The Morgan fingerprint density at radius 1 is 0.821 bits per heavy atom. The van der Waals surface area contributed by atoms with Crippen molar-refractivity contribution in [2.45, 2.75) is 25.0 Å². The molecule has 0 aliphatic rings. The Balaban J connectivity index is 0.000000218. The maximum atomic E-state index is 11.2. The van der Waals surface area contributed by atoms with E-state index in [4.69, 9.17) is 37.6 Å². The van der Waals surface area contributed by atoms with Crippen LogP contribution in [0.15, 0.2) is 79.1 Å². The molecule has 2 heterocycles. The lowest BCUT2D eigenvalue weighted by atomic mass is 10.2. The van der Waals surface area contributed by atoms with E-state index in [9.17, 15) is 9.59 Å². The summed E-state index contributed by atoms with van der Waals surface area (Å²) in [4.78, 5) is 22.3. The predicted octanol–water partition coefficient (Wildman–Crippen LogP) is 4.05. The van der Waals surface area contributed by atoms with Crippen molar-refractivity contribution >= 4 is 48.8 Å². The fourth-order valence-electron chi connectivity index (χ4n) is 3.35. The first-order chi connectivity index (χ1) is 18.9. The van der Waals surface area contributed by atoms with Gasteiger partial charge in [-0.25, -0.2) is 9.59 Å². The fraction of sp³-hybridized carbons (Fsp3) is 0.308. The second-order valence-electron chi connectivity index (χ2n) is 8.21. The monoisotopic (exact) mass is 596 g/mol. The zero-order valence-corrected chi connectivity index (χ0v) is 24.3. The maximum absolute atomic E-state index is 11.2. The van der Waals surface area contributed by atoms with Gasteiger partial charge in [0.05, 0.1) is 38.6 Å². The third-order valence-electron chi connectivity index (χ3n) is 5.35. The average Bonchev–Trinajstić information content (AvgIpc) is 2.93. The molecule has 2 N–H and O–H groups in total. The largest absolute Gasteiger partial charge is 0.493 e. The molecule has 2 aromatic carbocycles. The van der Waals surface area contributed by atoms with Gasteiger partial charge in [0, 0.05) is 65.8 Å². The number of aliphatic hydroxyl groups excluding tert-OH is 2. The quantitative estimate of drug-likeness (QED) is 0.172. The lowest BCUT2D eigenvalue weighted by Gasteiger charge is -2.15. The molecule has 0 spiro atoms. The Morgan fingerprint density at radius 2 is 1.33 bits per heavy atom. The average molecular weight is 596 g/mol. The van der Waals surface area contributed by atoms with Crippen LogP contribution >= 0.6 is 26.9 Å². The first-order valence-corrected chi connectivity index (χ1v) is 15.2. The number of benzene rings is 2. The summed E-state index contributed by atoms with van der Waals surface area (Å²) in [5, 5.41) is 19.5. The minimum Gasteiger partial charge on any atom is -0.493 e. The highest BCUT2D eigenvalue weighted by molar-refractivity contribution is 8.00. The van der Waals surface area contributed by atoms with Crippen molar-refractivity contribution in [3.63, 3.8) is 0 Å². The number of hydrogen-bond acceptors (Lipinski definition) is 10. The Labute approximate surface area is 230 Å². The number of fused-ring (bicyclic) bond motifs is 2. The van der Waals surface area contributed by atoms with Crippen LogP contribution in [0, 0.1) is 0 Å². The zero-order chi connectivity index (χ0) is 28.0. The molecule has 210 valence electrons. The van der Waals surface area contributed by atoms with Crippen LogP contribution in [-0.2, 0) is 9.05 Å². The Hall–Kier alpha value is -2.41. The first-order valence-electron chi connectivity index (χ1n) is 12.0. The van der Waals surface area contributed by atoms with E-state index in [2.05, 4.69) is 18.4 Å². The van der Waals surface area contributed by atoms with Crippen LogP contribution in [0.4, 0.5) is 0 Å². The van der Waals surface area contributed by atoms with Crippen LogP contribution in [0.25, 0.3) is 21.9 Å². The summed E-state index contributed by atoms with van der Waals surface area (Å²) in [5.74, 6) is 1.22. The number of ether oxygens (including phenoxy) is 2. The number of aliphatic hydroxyl groups is 2. The molecule has 0 aliphatic heterocycles. The van der Waals surface area contributed by atoms with Gasteiger partial charge in [0.2, 0.25) is 0 Å². The molecule has 0 saturated heterocycles. The van der Waals surface area contributed by atoms with E-state index in [1.165, 1.54) is 12.1 Å². The Morgan fingerprint density at radius 3 is 1.82 bits per heavy atom. The fourth-order valence-corrected chi connectivity index (χ4v) is 4.52. The van der Waals surface area contributed by atoms with E-state index in [1.807, 2.05) is 12.1 Å². The Bertz CT molecular complexity index is 1420. The van der Waals surface area contributed by atoms with Crippen LogP contribution in [0.2, 0.25) is 0 Å². The number of rotatable bonds is 13. The normalized spacial score (nSPS) is 12.8. The van der Waals surface area contributed by atoms with E-state index in [1.54, 1.807) is 36.4 Å². The highest BCUT2D eigenvalue weighted by Crippen LogP contribution is 2.26. The van der Waals surface area contributed by atoms with E-state index in [0.717, 1.165) is 10.8 Å². The summed E-state index contributed by atoms with van der Waals surface area (Å²) >= 11 is 0. The maximum Gasteiger partial charge on any atom is 0.336 e. The molecule has 39 heavy (non-hydrogen) atoms. The van der Waals surface area contributed by atoms with Gasteiger partial charge >= 0.3 is 11.3 Å². The third kappa shape index (κ3) is 10.6. The van der Waals surface area contributed by atoms with E-state index < -0.39 is 11.7 Å². The van der Waals surface area contributed by atoms with Gasteiger partial charge in [0.1, 0.15) is 22.7 Å². The van der Waals surface area contributed by atoms with E-state index >= 15 is 0 Å². The topological polar surface area (TPSA) is 138 Å². The molecule has 0 fully saturated rings. The highest BCUT2D eigenvalue weighted by atomic mass is 32.0. The smallest absolute Gasteiger partial charge is 0.336 e. The molecular formula is C26H31O10P3. The third-order valence-corrected chi connectivity index (χ3v) is 6.42. The molecule has 5 unspecified atom stereocenters. The SMILES string of the molecule is O=c1ccc2ccc(OCCC(COP)OPP)cc2o1.O=c1ccc2ccc(OCCC(O)CO)cc2o1. The van der Waals surface area contributed by atoms with Gasteiger partial charge in [-0.3, -0.25) is 0 Å². The van der Waals surface area contributed by atoms with Crippen LogP contribution in [0.1, 0.15) is 12.8 Å². The van der Waals surface area contributed by atoms with E-state index in [-0.39, 0.29) is 24.9 Å². The molecule has 2 aromatic heterocycles. The molecule has 0 saturated carbocycles. The highest BCUT2D eigenvalue weighted by Gasteiger charge is 2.09. The standard InChI is InChI=1S/C13H17O5P3.C13H14O5/c14-13-4-2-9-1-3-10(7-12(9)17-13)15-6-5-11(8-16-19)18-21-20;14-8-10(15)5-6-17-11-3-1-9-2-4-13(16)18-12(9)7-11/h1-4,7,11,21H,5-6,8,19-20H2;1-4,7,10,14-15H,5-6,8H2. The van der Waals surface area contributed by atoms with Gasteiger partial charge < -0.3 is 37.6 Å². The summed E-state index contributed by atoms with van der Waals surface area (Å²) in [6.07, 6.45) is 0.278. The zero-order valence-electron chi connectivity index (χ0n) is 21.0. The van der Waals surface area contributed by atoms with Gasteiger partial charge in [0.25, 0.3) is 0 Å². The minimum atomic E-state index is -0.775. The lowest BCUT2D eigenvalue weighted by molar-refractivity contribution is 0.0754. The molecular weight excluding hydrogens is 565 g/mol. The summed E-state index contributed by atoms with van der Waals surface area (Å²) in [5.41, 5.74) is 0.206. The van der Waals surface area contributed by atoms with Crippen LogP contribution in [0.3, 0.4) is 0 Å². The molecule has 5 atom stereocenters. The second-order valence-corrected chi connectivity index (χ2v) is 9.72. The summed E-state index contributed by atoms with van der Waals surface area (Å²) in [6, 6.07) is 16.8. The first kappa shape index (κ1) is 31.1. The Kier molecular flexibility index (Phi) is 13.3. The molecule has 0 radical (unpaired) electrons. The predicted molar refractivity (Wildman–Crippen MR) is 157 cm³/mol. The molecule has 10 nitrogen and oxygen atoms in total. The van der Waals surface area contributed by atoms with E-state index in [0.29, 0.717) is 57.2 Å². The minimum absolute atomic E-state index is 0.00304. The molecule has 13 heteroatoms. The van der Waals surface area contributed by atoms with Crippen molar-refractivity contribution in [2.75, 3.05) is 26.4 Å². The van der Waals surface area contributed by atoms with Crippen molar-refractivity contribution in [3.05, 3.63) is 81.5 Å². The molecule has 0 amide bonds. The van der Waals surface area contributed by atoms with Crippen molar-refractivity contribution in [1.29, 1.82) is 0 Å². The summed E-state index contributed by atoms with van der Waals surface area (Å²) in [6.45, 7) is 0.999.